The first-order valence-corrected chi connectivity index (χ1v) is 9.85. The topological polar surface area (TPSA) is 65.7 Å². The van der Waals surface area contributed by atoms with Crippen molar-refractivity contribution in [3.05, 3.63) is 41.8 Å². The van der Waals surface area contributed by atoms with Crippen LogP contribution in [0.25, 0.3) is 11.5 Å². The number of piperidine rings is 1. The third-order valence-electron chi connectivity index (χ3n) is 5.14. The number of oxazole rings is 1. The van der Waals surface area contributed by atoms with E-state index in [9.17, 15) is 0 Å². The molecule has 1 aliphatic rings. The molecular formula is C21H32IN5O. The fourth-order valence-electron chi connectivity index (χ4n) is 3.42. The molecule has 0 aliphatic carbocycles. The zero-order valence-electron chi connectivity index (χ0n) is 17.1. The van der Waals surface area contributed by atoms with Gasteiger partial charge in [-0.25, -0.2) is 4.98 Å². The molecule has 1 fully saturated rings. The van der Waals surface area contributed by atoms with Crippen molar-refractivity contribution >= 4 is 29.9 Å². The van der Waals surface area contributed by atoms with Crippen LogP contribution in [0.15, 0.2) is 39.9 Å². The second-order valence-corrected chi connectivity index (χ2v) is 7.24. The average molecular weight is 497 g/mol. The molecule has 0 saturated carbocycles. The van der Waals surface area contributed by atoms with Gasteiger partial charge in [0.2, 0.25) is 5.89 Å². The molecule has 1 unspecified atom stereocenters. The van der Waals surface area contributed by atoms with Gasteiger partial charge in [-0.15, -0.1) is 24.0 Å². The molecule has 1 atom stereocenters. The normalized spacial score (nSPS) is 17.8. The molecule has 1 aliphatic heterocycles. The van der Waals surface area contributed by atoms with Crippen LogP contribution in [-0.2, 0) is 6.54 Å². The monoisotopic (exact) mass is 497 g/mol. The molecule has 0 amide bonds. The molecule has 0 spiro atoms. The SMILES string of the molecule is CN=C(NCCN1CCCCC1C)NCc1coc(-c2ccc(C)cc2)n1.I. The molecule has 7 heteroatoms. The average Bonchev–Trinajstić information content (AvgIpc) is 3.15. The summed E-state index contributed by atoms with van der Waals surface area (Å²) in [7, 11) is 1.79. The minimum Gasteiger partial charge on any atom is -0.444 e. The summed E-state index contributed by atoms with van der Waals surface area (Å²) >= 11 is 0. The first-order valence-electron chi connectivity index (χ1n) is 9.85. The summed E-state index contributed by atoms with van der Waals surface area (Å²) in [5.74, 6) is 1.44. The summed E-state index contributed by atoms with van der Waals surface area (Å²) in [5.41, 5.74) is 3.07. The number of guanidine groups is 1. The van der Waals surface area contributed by atoms with E-state index < -0.39 is 0 Å². The Kier molecular flexibility index (Phi) is 9.24. The van der Waals surface area contributed by atoms with Crippen molar-refractivity contribution in [3.8, 4) is 11.5 Å². The smallest absolute Gasteiger partial charge is 0.226 e. The van der Waals surface area contributed by atoms with Gasteiger partial charge in [0.1, 0.15) is 6.26 Å². The van der Waals surface area contributed by atoms with E-state index in [1.54, 1.807) is 13.3 Å². The number of halogens is 1. The Morgan fingerprint density at radius 3 is 2.75 bits per heavy atom. The number of aryl methyl sites for hydroxylation is 1. The van der Waals surface area contributed by atoms with Gasteiger partial charge in [-0.1, -0.05) is 24.1 Å². The Morgan fingerprint density at radius 2 is 2.04 bits per heavy atom. The second-order valence-electron chi connectivity index (χ2n) is 7.24. The minimum atomic E-state index is 0. The first kappa shape index (κ1) is 22.7. The van der Waals surface area contributed by atoms with Crippen LogP contribution < -0.4 is 10.6 Å². The Morgan fingerprint density at radius 1 is 1.25 bits per heavy atom. The number of aromatic nitrogens is 1. The van der Waals surface area contributed by atoms with Crippen molar-refractivity contribution < 1.29 is 4.42 Å². The number of rotatable bonds is 6. The lowest BCUT2D eigenvalue weighted by molar-refractivity contribution is 0.163. The zero-order valence-corrected chi connectivity index (χ0v) is 19.4. The molecule has 6 nitrogen and oxygen atoms in total. The molecule has 2 heterocycles. The van der Waals surface area contributed by atoms with E-state index in [0.29, 0.717) is 18.5 Å². The van der Waals surface area contributed by atoms with Crippen LogP contribution in [-0.4, -0.2) is 48.6 Å². The highest BCUT2D eigenvalue weighted by atomic mass is 127. The summed E-state index contributed by atoms with van der Waals surface area (Å²) in [6.07, 6.45) is 5.68. The maximum atomic E-state index is 5.61. The Hall–Kier alpha value is -1.61. The third kappa shape index (κ3) is 6.48. The van der Waals surface area contributed by atoms with E-state index in [4.69, 9.17) is 4.42 Å². The molecule has 28 heavy (non-hydrogen) atoms. The highest BCUT2D eigenvalue weighted by Gasteiger charge is 2.17. The maximum Gasteiger partial charge on any atom is 0.226 e. The van der Waals surface area contributed by atoms with Crippen LogP contribution in [0, 0.1) is 6.92 Å². The van der Waals surface area contributed by atoms with Crippen molar-refractivity contribution in [3.63, 3.8) is 0 Å². The molecule has 1 aromatic heterocycles. The number of likely N-dealkylation sites (tertiary alicyclic amines) is 1. The summed E-state index contributed by atoms with van der Waals surface area (Å²) in [5, 5.41) is 6.70. The number of nitrogens with zero attached hydrogens (tertiary/aromatic N) is 3. The quantitative estimate of drug-likeness (QED) is 0.361. The molecule has 3 rings (SSSR count). The Bertz CT molecular complexity index is 744. The number of hydrogen-bond donors (Lipinski definition) is 2. The van der Waals surface area contributed by atoms with Crippen LogP contribution in [0.1, 0.15) is 37.4 Å². The van der Waals surface area contributed by atoms with Gasteiger partial charge in [0.15, 0.2) is 5.96 Å². The maximum absolute atomic E-state index is 5.61. The predicted octanol–water partition coefficient (Wildman–Crippen LogP) is 3.81. The van der Waals surface area contributed by atoms with Gasteiger partial charge in [0.05, 0.1) is 12.2 Å². The lowest BCUT2D eigenvalue weighted by atomic mass is 10.0. The van der Waals surface area contributed by atoms with E-state index in [0.717, 1.165) is 30.3 Å². The van der Waals surface area contributed by atoms with Gasteiger partial charge < -0.3 is 15.1 Å². The van der Waals surface area contributed by atoms with Gasteiger partial charge in [-0.2, -0.15) is 0 Å². The van der Waals surface area contributed by atoms with Gasteiger partial charge in [0.25, 0.3) is 0 Å². The summed E-state index contributed by atoms with van der Waals surface area (Å²) in [6.45, 7) is 8.10. The summed E-state index contributed by atoms with van der Waals surface area (Å²) in [4.78, 5) is 11.4. The Balaban J connectivity index is 0.00000280. The predicted molar refractivity (Wildman–Crippen MR) is 125 cm³/mol. The number of nitrogens with one attached hydrogen (secondary N) is 2. The molecule has 0 bridgehead atoms. The third-order valence-corrected chi connectivity index (χ3v) is 5.14. The van der Waals surface area contributed by atoms with Crippen molar-refractivity contribution in [1.29, 1.82) is 0 Å². The zero-order chi connectivity index (χ0) is 19.1. The fraction of sp³-hybridized carbons (Fsp3) is 0.524. The van der Waals surface area contributed by atoms with Crippen LogP contribution in [0.4, 0.5) is 0 Å². The van der Waals surface area contributed by atoms with E-state index >= 15 is 0 Å². The van der Waals surface area contributed by atoms with E-state index in [2.05, 4.69) is 51.5 Å². The molecule has 1 saturated heterocycles. The molecular weight excluding hydrogens is 465 g/mol. The first-order chi connectivity index (χ1) is 13.2. The van der Waals surface area contributed by atoms with Crippen molar-refractivity contribution in [2.24, 2.45) is 4.99 Å². The van der Waals surface area contributed by atoms with Crippen LogP contribution in [0.2, 0.25) is 0 Å². The van der Waals surface area contributed by atoms with Crippen molar-refractivity contribution in [2.45, 2.75) is 45.7 Å². The molecule has 2 N–H and O–H groups in total. The van der Waals surface area contributed by atoms with Gasteiger partial charge in [-0.05, 0) is 45.4 Å². The van der Waals surface area contributed by atoms with Crippen molar-refractivity contribution in [1.82, 2.24) is 20.5 Å². The highest BCUT2D eigenvalue weighted by Crippen LogP contribution is 2.19. The molecule has 2 aromatic rings. The van der Waals surface area contributed by atoms with Crippen LogP contribution in [0.5, 0.6) is 0 Å². The van der Waals surface area contributed by atoms with Gasteiger partial charge >= 0.3 is 0 Å². The van der Waals surface area contributed by atoms with Gasteiger partial charge in [-0.3, -0.25) is 9.89 Å². The standard InChI is InChI=1S/C21H31N5O.HI/c1-16-7-9-18(10-8-16)20-25-19(15-27-20)14-24-21(22-3)23-11-13-26-12-5-4-6-17(26)2;/h7-10,15,17H,4-6,11-14H2,1-3H3,(H2,22,23,24);1H. The highest BCUT2D eigenvalue weighted by molar-refractivity contribution is 14.0. The van der Waals surface area contributed by atoms with Gasteiger partial charge in [0, 0.05) is 31.7 Å². The van der Waals surface area contributed by atoms with E-state index in [-0.39, 0.29) is 24.0 Å². The molecule has 1 aromatic carbocycles. The largest absolute Gasteiger partial charge is 0.444 e. The minimum absolute atomic E-state index is 0. The van der Waals surface area contributed by atoms with E-state index in [1.165, 1.54) is 31.4 Å². The lowest BCUT2D eigenvalue weighted by Gasteiger charge is -2.33. The van der Waals surface area contributed by atoms with Crippen LogP contribution >= 0.6 is 24.0 Å². The van der Waals surface area contributed by atoms with Crippen molar-refractivity contribution in [2.75, 3.05) is 26.7 Å². The number of aliphatic imine (C=N–C) groups is 1. The Labute approximate surface area is 185 Å². The van der Waals surface area contributed by atoms with Crippen LogP contribution in [0.3, 0.4) is 0 Å². The summed E-state index contributed by atoms with van der Waals surface area (Å²) < 4.78 is 5.61. The number of hydrogen-bond acceptors (Lipinski definition) is 4. The molecule has 154 valence electrons. The number of benzene rings is 1. The molecule has 0 radical (unpaired) electrons. The van der Waals surface area contributed by atoms with E-state index in [1.807, 2.05) is 12.1 Å². The second kappa shape index (κ2) is 11.4. The fourth-order valence-corrected chi connectivity index (χ4v) is 3.42. The lowest BCUT2D eigenvalue weighted by Crippen LogP contribution is -2.45. The summed E-state index contributed by atoms with van der Waals surface area (Å²) in [6, 6.07) is 8.87.